The number of benzene rings is 1. The van der Waals surface area contributed by atoms with Gasteiger partial charge in [-0.15, -0.1) is 11.3 Å². The number of fused-ring (bicyclic) bond motifs is 1. The smallest absolute Gasteiger partial charge is 0.152 e. The van der Waals surface area contributed by atoms with Crippen LogP contribution in [-0.2, 0) is 0 Å². The zero-order valence-electron chi connectivity index (χ0n) is 7.57. The molecule has 0 N–H and O–H groups in total. The van der Waals surface area contributed by atoms with Gasteiger partial charge in [0.15, 0.2) is 6.29 Å². The predicted molar refractivity (Wildman–Crippen MR) is 56.7 cm³/mol. The molecule has 1 heterocycles. The fourth-order valence-electron chi connectivity index (χ4n) is 1.55. The third-order valence-corrected chi connectivity index (χ3v) is 3.26. The highest BCUT2D eigenvalue weighted by Crippen LogP contribution is 2.31. The number of carbonyl (C=O) groups excluding carboxylic acids is 1. The van der Waals surface area contributed by atoms with Crippen molar-refractivity contribution in [1.82, 2.24) is 0 Å². The summed E-state index contributed by atoms with van der Waals surface area (Å²) in [5.41, 5.74) is 1.58. The van der Waals surface area contributed by atoms with Crippen molar-refractivity contribution in [2.45, 2.75) is 6.92 Å². The molecule has 0 aliphatic carbocycles. The van der Waals surface area contributed by atoms with Gasteiger partial charge in [0.2, 0.25) is 0 Å². The zero-order chi connectivity index (χ0) is 10.1. The minimum Gasteiger partial charge on any atom is -0.298 e. The number of rotatable bonds is 1. The molecule has 0 fully saturated rings. The molecular weight excluding hydrogens is 194 g/mol. The highest BCUT2D eigenvalue weighted by Gasteiger charge is 2.12. The van der Waals surface area contributed by atoms with Crippen LogP contribution >= 0.6 is 11.3 Å². The molecule has 0 spiro atoms. The molecule has 14 heavy (non-hydrogen) atoms. The van der Waals surface area contributed by atoms with Gasteiger partial charge in [0.05, 0.1) is 5.56 Å². The largest absolute Gasteiger partial charge is 0.298 e. The van der Waals surface area contributed by atoms with Crippen LogP contribution < -0.4 is 0 Å². The lowest BCUT2D eigenvalue weighted by atomic mass is 10.1. The Labute approximate surface area is 85.4 Å². The average Bonchev–Trinajstić information content (AvgIpc) is 2.56. The molecule has 0 saturated carbocycles. The Kier molecular flexibility index (Phi) is 2.06. The second kappa shape index (κ2) is 3.24. The predicted octanol–water partition coefficient (Wildman–Crippen LogP) is 2.89. The van der Waals surface area contributed by atoms with Crippen LogP contribution in [0.4, 0.5) is 0 Å². The third kappa shape index (κ3) is 1.12. The summed E-state index contributed by atoms with van der Waals surface area (Å²) >= 11 is 1.37. The molecule has 0 atom stereocenters. The Balaban J connectivity index is 2.97. The lowest BCUT2D eigenvalue weighted by Gasteiger charge is -1.95. The van der Waals surface area contributed by atoms with Crippen LogP contribution in [0, 0.1) is 18.3 Å². The molecule has 68 valence electrons. The molecule has 1 aromatic heterocycles. The number of thiophene rings is 1. The third-order valence-electron chi connectivity index (χ3n) is 2.18. The number of carbonyl (C=O) groups is 1. The Hall–Kier alpha value is -1.66. The molecule has 2 rings (SSSR count). The van der Waals surface area contributed by atoms with Gasteiger partial charge < -0.3 is 0 Å². The Morgan fingerprint density at radius 2 is 2.29 bits per heavy atom. The maximum Gasteiger partial charge on any atom is 0.152 e. The van der Waals surface area contributed by atoms with E-state index in [0.29, 0.717) is 10.4 Å². The fourth-order valence-corrected chi connectivity index (χ4v) is 2.59. The van der Waals surface area contributed by atoms with Crippen molar-refractivity contribution >= 4 is 27.7 Å². The van der Waals surface area contributed by atoms with E-state index in [9.17, 15) is 4.79 Å². The number of hydrogen-bond acceptors (Lipinski definition) is 3. The van der Waals surface area contributed by atoms with Crippen LogP contribution in [-0.4, -0.2) is 6.29 Å². The molecule has 3 heteroatoms. The molecule has 0 saturated heterocycles. The maximum atomic E-state index is 10.9. The van der Waals surface area contributed by atoms with Crippen molar-refractivity contribution in [1.29, 1.82) is 5.26 Å². The number of aldehydes is 1. The van der Waals surface area contributed by atoms with E-state index in [1.807, 2.05) is 25.1 Å². The Morgan fingerprint density at radius 1 is 1.50 bits per heavy atom. The summed E-state index contributed by atoms with van der Waals surface area (Å²) < 4.78 is 1.00. The number of nitriles is 1. The molecule has 0 aliphatic rings. The van der Waals surface area contributed by atoms with E-state index in [2.05, 4.69) is 6.07 Å². The SMILES string of the molecule is Cc1cccc2sc(C#N)c(C=O)c12. The van der Waals surface area contributed by atoms with E-state index in [1.165, 1.54) is 11.3 Å². The van der Waals surface area contributed by atoms with E-state index in [1.54, 1.807) is 0 Å². The molecule has 0 aliphatic heterocycles. The molecule has 0 unspecified atom stereocenters. The van der Waals surface area contributed by atoms with Gasteiger partial charge in [0.25, 0.3) is 0 Å². The summed E-state index contributed by atoms with van der Waals surface area (Å²) in [4.78, 5) is 11.4. The van der Waals surface area contributed by atoms with Gasteiger partial charge in [-0.3, -0.25) is 4.79 Å². The minimum atomic E-state index is 0.504. The highest BCUT2D eigenvalue weighted by molar-refractivity contribution is 7.20. The molecule has 2 aromatic rings. The summed E-state index contributed by atoms with van der Waals surface area (Å²) in [6, 6.07) is 7.86. The van der Waals surface area contributed by atoms with Gasteiger partial charge in [0, 0.05) is 10.1 Å². The molecule has 0 bridgehead atoms. The second-order valence-corrected chi connectivity index (χ2v) is 4.07. The quantitative estimate of drug-likeness (QED) is 0.665. The first kappa shape index (κ1) is 8.92. The number of nitrogens with zero attached hydrogens (tertiary/aromatic N) is 1. The zero-order valence-corrected chi connectivity index (χ0v) is 8.39. The van der Waals surface area contributed by atoms with E-state index in [-0.39, 0.29) is 0 Å². The first-order valence-corrected chi connectivity index (χ1v) is 4.97. The molecular formula is C11H7NOS. The van der Waals surface area contributed by atoms with Gasteiger partial charge >= 0.3 is 0 Å². The fraction of sp³-hybridized carbons (Fsp3) is 0.0909. The van der Waals surface area contributed by atoms with Crippen LogP contribution in [0.1, 0.15) is 20.8 Å². The van der Waals surface area contributed by atoms with Crippen LogP contribution in [0.2, 0.25) is 0 Å². The van der Waals surface area contributed by atoms with Gasteiger partial charge in [-0.2, -0.15) is 5.26 Å². The molecule has 1 aromatic carbocycles. The van der Waals surface area contributed by atoms with E-state index >= 15 is 0 Å². The van der Waals surface area contributed by atoms with Gasteiger partial charge in [-0.25, -0.2) is 0 Å². The van der Waals surface area contributed by atoms with Crippen LogP contribution in [0.5, 0.6) is 0 Å². The van der Waals surface area contributed by atoms with Crippen molar-refractivity contribution in [3.8, 4) is 6.07 Å². The first-order valence-electron chi connectivity index (χ1n) is 4.15. The summed E-state index contributed by atoms with van der Waals surface area (Å²) in [5, 5.41) is 9.76. The normalized spacial score (nSPS) is 10.0. The van der Waals surface area contributed by atoms with Crippen molar-refractivity contribution in [2.75, 3.05) is 0 Å². The van der Waals surface area contributed by atoms with Gasteiger partial charge in [0.1, 0.15) is 10.9 Å². The molecule has 0 amide bonds. The molecule has 0 radical (unpaired) electrons. The minimum absolute atomic E-state index is 0.504. The van der Waals surface area contributed by atoms with Gasteiger partial charge in [-0.05, 0) is 18.6 Å². The van der Waals surface area contributed by atoms with Crippen LogP contribution in [0.15, 0.2) is 18.2 Å². The van der Waals surface area contributed by atoms with E-state index in [4.69, 9.17) is 5.26 Å². The van der Waals surface area contributed by atoms with Gasteiger partial charge in [-0.1, -0.05) is 12.1 Å². The standard InChI is InChI=1S/C11H7NOS/c1-7-3-2-4-9-11(7)8(6-13)10(5-12)14-9/h2-4,6H,1H3. The Morgan fingerprint density at radius 3 is 2.93 bits per heavy atom. The molecule has 2 nitrogen and oxygen atoms in total. The lowest BCUT2D eigenvalue weighted by Crippen LogP contribution is -1.82. The highest BCUT2D eigenvalue weighted by atomic mass is 32.1. The maximum absolute atomic E-state index is 10.9. The monoisotopic (exact) mass is 201 g/mol. The van der Waals surface area contributed by atoms with Crippen molar-refractivity contribution in [3.63, 3.8) is 0 Å². The number of aryl methyl sites for hydroxylation is 1. The van der Waals surface area contributed by atoms with Crippen molar-refractivity contribution in [3.05, 3.63) is 34.2 Å². The Bertz CT molecular complexity index is 548. The number of hydrogen-bond donors (Lipinski definition) is 0. The summed E-state index contributed by atoms with van der Waals surface area (Å²) in [5.74, 6) is 0. The lowest BCUT2D eigenvalue weighted by molar-refractivity contribution is 0.112. The average molecular weight is 201 g/mol. The van der Waals surface area contributed by atoms with Crippen molar-refractivity contribution < 1.29 is 4.79 Å². The summed E-state index contributed by atoms with van der Waals surface area (Å²) in [6.07, 6.45) is 0.768. The van der Waals surface area contributed by atoms with Crippen molar-refractivity contribution in [2.24, 2.45) is 0 Å². The first-order chi connectivity index (χ1) is 6.77. The summed E-state index contributed by atoms with van der Waals surface area (Å²) in [7, 11) is 0. The van der Waals surface area contributed by atoms with E-state index < -0.39 is 0 Å². The second-order valence-electron chi connectivity index (χ2n) is 3.02. The summed E-state index contributed by atoms with van der Waals surface area (Å²) in [6.45, 7) is 1.95. The van der Waals surface area contributed by atoms with E-state index in [0.717, 1.165) is 21.9 Å². The van der Waals surface area contributed by atoms with Crippen LogP contribution in [0.25, 0.3) is 10.1 Å². The van der Waals surface area contributed by atoms with Crippen LogP contribution in [0.3, 0.4) is 0 Å². The topological polar surface area (TPSA) is 40.9 Å².